The molecule has 0 aromatic heterocycles. The first-order chi connectivity index (χ1) is 31.8. The van der Waals surface area contributed by atoms with E-state index in [1.807, 2.05) is 59.3 Å². The van der Waals surface area contributed by atoms with E-state index in [9.17, 15) is 44.7 Å². The van der Waals surface area contributed by atoms with Gasteiger partial charge in [-0.05, 0) is 110 Å². The van der Waals surface area contributed by atoms with Crippen LogP contribution in [0.25, 0.3) is 5.57 Å². The van der Waals surface area contributed by atoms with Gasteiger partial charge in [0.2, 0.25) is 0 Å². The van der Waals surface area contributed by atoms with E-state index in [0.717, 1.165) is 39.4 Å². The van der Waals surface area contributed by atoms with Crippen LogP contribution in [0.5, 0.6) is 0 Å². The summed E-state index contributed by atoms with van der Waals surface area (Å²) in [6, 6.07) is 24.9. The third-order valence-electron chi connectivity index (χ3n) is 12.5. The summed E-state index contributed by atoms with van der Waals surface area (Å²) in [4.78, 5) is 30.9. The highest BCUT2D eigenvalue weighted by Crippen LogP contribution is 2.44. The van der Waals surface area contributed by atoms with Crippen LogP contribution in [0.1, 0.15) is 48.5 Å². The van der Waals surface area contributed by atoms with E-state index >= 15 is 0 Å². The Morgan fingerprint density at radius 1 is 0.881 bits per heavy atom. The van der Waals surface area contributed by atoms with E-state index < -0.39 is 64.2 Å². The molecule has 13 nitrogen and oxygen atoms in total. The predicted molar refractivity (Wildman–Crippen MR) is 254 cm³/mol. The number of hydrogen-bond acceptors (Lipinski definition) is 12. The molecule has 7 rings (SSSR count). The number of rotatable bonds is 17. The van der Waals surface area contributed by atoms with Gasteiger partial charge in [0, 0.05) is 85.3 Å². The number of nitrogens with one attached hydrogen (secondary N) is 2. The Labute approximate surface area is 398 Å². The number of aliphatic carboxylic acids is 1. The summed E-state index contributed by atoms with van der Waals surface area (Å²) in [6.07, 6.45) is 2.03. The molecular formula is C47H53ClF3N5O8S3. The number of benzene rings is 4. The third kappa shape index (κ3) is 12.5. The number of anilines is 2. The molecule has 3 N–H and O–H groups in total. The number of thioether (sulfide) groups is 1. The number of piperazine rings is 1. The maximum atomic E-state index is 14.2. The first-order valence-corrected chi connectivity index (χ1v) is 26.2. The second kappa shape index (κ2) is 21.3. The van der Waals surface area contributed by atoms with Gasteiger partial charge in [-0.2, -0.15) is 13.2 Å². The highest BCUT2D eigenvalue weighted by atomic mass is 35.5. The monoisotopic (exact) mass is 1000 g/mol. The fraction of sp³-hybridized carbons (Fsp3) is 0.404. The smallest absolute Gasteiger partial charge is 0.481 e. The number of morpholine rings is 1. The molecule has 20 heteroatoms. The van der Waals surface area contributed by atoms with Crippen molar-refractivity contribution in [1.29, 1.82) is 0 Å². The lowest BCUT2D eigenvalue weighted by molar-refractivity contribution is -0.148. The first kappa shape index (κ1) is 50.3. The lowest BCUT2D eigenvalue weighted by Crippen LogP contribution is -2.47. The van der Waals surface area contributed by atoms with Gasteiger partial charge >= 0.3 is 11.5 Å². The van der Waals surface area contributed by atoms with Gasteiger partial charge in [0.1, 0.15) is 4.90 Å². The van der Waals surface area contributed by atoms with Crippen molar-refractivity contribution in [3.05, 3.63) is 119 Å². The lowest BCUT2D eigenvalue weighted by Gasteiger charge is -2.39. The van der Waals surface area contributed by atoms with Gasteiger partial charge in [0.05, 0.1) is 29.2 Å². The summed E-state index contributed by atoms with van der Waals surface area (Å²) in [5.41, 5.74) is -3.07. The summed E-state index contributed by atoms with van der Waals surface area (Å²) in [7, 11) is -11.0. The summed E-state index contributed by atoms with van der Waals surface area (Å²) in [5, 5.41) is 13.6. The van der Waals surface area contributed by atoms with Crippen LogP contribution in [0.4, 0.5) is 24.5 Å². The van der Waals surface area contributed by atoms with Gasteiger partial charge < -0.3 is 20.1 Å². The Bertz CT molecular complexity index is 2650. The molecule has 4 aromatic carbocycles. The quantitative estimate of drug-likeness (QED) is 0.0876. The van der Waals surface area contributed by atoms with Crippen molar-refractivity contribution >= 4 is 72.0 Å². The van der Waals surface area contributed by atoms with Gasteiger partial charge in [0.15, 0.2) is 0 Å². The minimum absolute atomic E-state index is 0.0492. The molecule has 2 heterocycles. The summed E-state index contributed by atoms with van der Waals surface area (Å²) in [6.45, 7) is 7.93. The molecule has 2 atom stereocenters. The van der Waals surface area contributed by atoms with Crippen molar-refractivity contribution in [2.75, 3.05) is 81.5 Å². The average molecular weight is 1000 g/mol. The van der Waals surface area contributed by atoms with Gasteiger partial charge in [-0.1, -0.05) is 47.5 Å². The van der Waals surface area contributed by atoms with Crippen LogP contribution in [0.3, 0.4) is 0 Å². The number of ether oxygens (including phenoxy) is 1. The Morgan fingerprint density at radius 2 is 1.55 bits per heavy atom. The minimum Gasteiger partial charge on any atom is -0.481 e. The van der Waals surface area contributed by atoms with Crippen LogP contribution in [-0.4, -0.2) is 126 Å². The third-order valence-corrected chi connectivity index (χ3v) is 16.8. The highest BCUT2D eigenvalue weighted by Gasteiger charge is 2.48. The van der Waals surface area contributed by atoms with Crippen LogP contribution in [-0.2, 0) is 29.4 Å². The molecule has 3 aliphatic rings. The average Bonchev–Trinajstić information content (AvgIpc) is 3.31. The number of hydrogen-bond donors (Lipinski definition) is 3. The van der Waals surface area contributed by atoms with Gasteiger partial charge in [-0.3, -0.25) is 19.4 Å². The largest absolute Gasteiger partial charge is 0.501 e. The number of nitrogens with zero attached hydrogens (tertiary/aromatic N) is 3. The molecule has 0 radical (unpaired) electrons. The standard InChI is InChI=1S/C47H53ClF3N5O8S3/c1-46(45(58)59)19-17-41(33-7-11-36(48)12-8-33)35(30-46)31-55-21-23-56(24-22-55)38-13-9-34(10-14-38)44(57)53-67(62,63)40-15-16-42(43(29-40)66(60,61)47(49,50)51)52-37(18-20-54-25-27-64-28-26-54)32-65-39-5-3-2-4-6-39/h2-16,29,37,52H,17-28,30-32H2,1H3,(H,53,57)(H,58,59)/t37-,46?/m1/s1. The minimum atomic E-state index is -6.08. The van der Waals surface area contributed by atoms with E-state index in [1.165, 1.54) is 23.9 Å². The lowest BCUT2D eigenvalue weighted by atomic mass is 9.71. The zero-order valence-electron chi connectivity index (χ0n) is 36.8. The number of allylic oxidation sites excluding steroid dienone is 1. The maximum absolute atomic E-state index is 14.2. The molecule has 0 bridgehead atoms. The van der Waals surface area contributed by atoms with E-state index in [2.05, 4.69) is 20.0 Å². The number of carbonyl (C=O) groups excluding carboxylic acids is 1. The van der Waals surface area contributed by atoms with Crippen molar-refractivity contribution < 1.29 is 49.4 Å². The van der Waals surface area contributed by atoms with Crippen LogP contribution in [0.15, 0.2) is 117 Å². The number of carboxylic acid groups (broad SMARTS) is 1. The van der Waals surface area contributed by atoms with Gasteiger partial charge in [0.25, 0.3) is 25.8 Å². The van der Waals surface area contributed by atoms with E-state index in [4.69, 9.17) is 16.3 Å². The van der Waals surface area contributed by atoms with Crippen molar-refractivity contribution in [1.82, 2.24) is 14.5 Å². The number of carbonyl (C=O) groups is 2. The van der Waals surface area contributed by atoms with Crippen LogP contribution < -0.4 is 14.9 Å². The molecule has 2 saturated heterocycles. The second-order valence-corrected chi connectivity index (χ2v) is 22.3. The van der Waals surface area contributed by atoms with Crippen molar-refractivity contribution in [2.24, 2.45) is 5.41 Å². The number of sulfonamides is 1. The van der Waals surface area contributed by atoms with E-state index in [0.29, 0.717) is 108 Å². The van der Waals surface area contributed by atoms with Gasteiger partial charge in [-0.15, -0.1) is 11.8 Å². The topological polar surface area (TPSA) is 166 Å². The summed E-state index contributed by atoms with van der Waals surface area (Å²) < 4.78 is 103. The summed E-state index contributed by atoms with van der Waals surface area (Å²) in [5.74, 6) is -1.53. The SMILES string of the molecule is CC1(C(=O)O)CCC(c2ccc(Cl)cc2)=C(CN2CCN(c3ccc(C(=O)NS(=O)(=O)c4ccc(N[C@H](CCN5CCOCC5)CSc5ccccc5)c(S(=O)(=O)C(F)(F)F)c4)cc3)CC2)C1. The summed E-state index contributed by atoms with van der Waals surface area (Å²) >= 11 is 7.59. The predicted octanol–water partition coefficient (Wildman–Crippen LogP) is 7.90. The Morgan fingerprint density at radius 3 is 2.19 bits per heavy atom. The molecule has 1 aliphatic carbocycles. The molecule has 0 saturated carbocycles. The Kier molecular flexibility index (Phi) is 16.0. The molecule has 67 heavy (non-hydrogen) atoms. The molecule has 1 amide bonds. The number of carboxylic acids is 1. The molecule has 2 fully saturated rings. The highest BCUT2D eigenvalue weighted by molar-refractivity contribution is 7.99. The zero-order chi connectivity index (χ0) is 48.0. The van der Waals surface area contributed by atoms with Crippen LogP contribution >= 0.6 is 23.4 Å². The Hall–Kier alpha value is -4.63. The maximum Gasteiger partial charge on any atom is 0.501 e. The molecular weight excluding hydrogens is 951 g/mol. The van der Waals surface area contributed by atoms with Crippen LogP contribution in [0, 0.1) is 5.41 Å². The molecule has 0 spiro atoms. The Balaban J connectivity index is 1.02. The zero-order valence-corrected chi connectivity index (χ0v) is 40.0. The molecule has 360 valence electrons. The van der Waals surface area contributed by atoms with Gasteiger partial charge in [-0.25, -0.2) is 21.6 Å². The van der Waals surface area contributed by atoms with E-state index in [1.54, 1.807) is 19.1 Å². The number of amides is 1. The van der Waals surface area contributed by atoms with Crippen LogP contribution in [0.2, 0.25) is 5.02 Å². The second-order valence-electron chi connectivity index (χ2n) is 17.2. The number of alkyl halides is 3. The first-order valence-electron chi connectivity index (χ1n) is 21.9. The number of sulfone groups is 1. The molecule has 1 unspecified atom stereocenters. The van der Waals surface area contributed by atoms with Crippen molar-refractivity contribution in [3.8, 4) is 0 Å². The normalized spacial score (nSPS) is 19.5. The molecule has 2 aliphatic heterocycles. The number of halogens is 4. The fourth-order valence-electron chi connectivity index (χ4n) is 8.50. The fourth-order valence-corrected chi connectivity index (χ4v) is 11.6. The molecule has 4 aromatic rings. The van der Waals surface area contributed by atoms with E-state index in [-0.39, 0.29) is 5.56 Å². The van der Waals surface area contributed by atoms with Crippen molar-refractivity contribution in [3.63, 3.8) is 0 Å². The van der Waals surface area contributed by atoms with Crippen molar-refractivity contribution in [2.45, 2.75) is 58.8 Å².